The van der Waals surface area contributed by atoms with Gasteiger partial charge in [-0.1, -0.05) is 11.8 Å². The smallest absolute Gasteiger partial charge is 0.354 e. The molecule has 74 valence electrons. The second-order valence-corrected chi connectivity index (χ2v) is 2.63. The van der Waals surface area contributed by atoms with Gasteiger partial charge in [-0.05, 0) is 6.07 Å². The number of nitrogens with one attached hydrogen (secondary N) is 1. The third kappa shape index (κ3) is 2.64. The van der Waals surface area contributed by atoms with Gasteiger partial charge < -0.3 is 15.5 Å². The van der Waals surface area contributed by atoms with Crippen molar-refractivity contribution in [3.63, 3.8) is 0 Å². The van der Waals surface area contributed by atoms with Crippen molar-refractivity contribution in [1.82, 2.24) is 4.98 Å². The number of carbonyl (C=O) groups excluding carboxylic acids is 1. The van der Waals surface area contributed by atoms with E-state index in [-0.39, 0.29) is 0 Å². The molecule has 0 saturated carbocycles. The molecular weight excluding hydrogens is 180 g/mol. The van der Waals surface area contributed by atoms with E-state index in [1.54, 1.807) is 12.3 Å². The predicted molar refractivity (Wildman–Crippen MR) is 52.7 cm³/mol. The largest absolute Gasteiger partial charge is 0.464 e. The highest BCUT2D eigenvalue weighted by molar-refractivity contribution is 5.87. The number of methoxy groups -OCH3 is 1. The Kier molecular flexibility index (Phi) is 3.77. The van der Waals surface area contributed by atoms with Gasteiger partial charge in [0.15, 0.2) is 0 Å². The zero-order valence-corrected chi connectivity index (χ0v) is 7.96. The van der Waals surface area contributed by atoms with Gasteiger partial charge in [-0.15, -0.1) is 0 Å². The summed E-state index contributed by atoms with van der Waals surface area (Å²) in [5, 5.41) is 0. The minimum Gasteiger partial charge on any atom is -0.464 e. The summed E-state index contributed by atoms with van der Waals surface area (Å²) in [6.45, 7) is 0.543. The minimum absolute atomic E-state index is 0.392. The zero-order valence-electron chi connectivity index (χ0n) is 7.96. The number of carbonyl (C=O) groups is 1. The molecule has 0 aromatic carbocycles. The van der Waals surface area contributed by atoms with Gasteiger partial charge in [0.05, 0.1) is 7.11 Å². The molecule has 0 spiro atoms. The molecule has 0 saturated heterocycles. The molecule has 4 heteroatoms. The molecule has 0 unspecified atom stereocenters. The van der Waals surface area contributed by atoms with Crippen LogP contribution in [0.2, 0.25) is 0 Å². The number of rotatable bonds is 2. The number of aromatic nitrogens is 1. The lowest BCUT2D eigenvalue weighted by molar-refractivity contribution is 0.0595. The van der Waals surface area contributed by atoms with E-state index in [1.165, 1.54) is 7.11 Å². The molecule has 1 aromatic rings. The third-order valence-electron chi connectivity index (χ3n) is 1.59. The number of aromatic amines is 1. The van der Waals surface area contributed by atoms with E-state index in [4.69, 9.17) is 5.73 Å². The second-order valence-electron chi connectivity index (χ2n) is 2.63. The lowest BCUT2D eigenvalue weighted by Crippen LogP contribution is -2.00. The maximum Gasteiger partial charge on any atom is 0.354 e. The first kappa shape index (κ1) is 10.4. The summed E-state index contributed by atoms with van der Waals surface area (Å²) in [4.78, 5) is 13.8. The molecule has 1 heterocycles. The fraction of sp³-hybridized carbons (Fsp3) is 0.300. The van der Waals surface area contributed by atoms with Crippen molar-refractivity contribution in [1.29, 1.82) is 0 Å². The van der Waals surface area contributed by atoms with Gasteiger partial charge in [-0.3, -0.25) is 0 Å². The van der Waals surface area contributed by atoms with E-state index < -0.39 is 5.97 Å². The Morgan fingerprint density at radius 2 is 2.50 bits per heavy atom. The molecular formula is C10H12N2O2. The summed E-state index contributed by atoms with van der Waals surface area (Å²) < 4.78 is 4.54. The Morgan fingerprint density at radius 1 is 1.71 bits per heavy atom. The minimum atomic E-state index is -0.392. The lowest BCUT2D eigenvalue weighted by atomic mass is 10.3. The summed E-state index contributed by atoms with van der Waals surface area (Å²) in [5.74, 6) is 5.36. The van der Waals surface area contributed by atoms with Crippen LogP contribution in [0, 0.1) is 11.8 Å². The fourth-order valence-electron chi connectivity index (χ4n) is 0.931. The van der Waals surface area contributed by atoms with Gasteiger partial charge in [-0.2, -0.15) is 0 Å². The number of H-pyrrole nitrogens is 1. The monoisotopic (exact) mass is 192 g/mol. The highest BCUT2D eigenvalue weighted by Gasteiger charge is 2.06. The molecule has 1 aromatic heterocycles. The van der Waals surface area contributed by atoms with Crippen LogP contribution in [0.1, 0.15) is 22.5 Å². The van der Waals surface area contributed by atoms with Crippen LogP contribution >= 0.6 is 0 Å². The number of esters is 1. The van der Waals surface area contributed by atoms with Crippen LogP contribution in [-0.4, -0.2) is 24.6 Å². The molecule has 4 nitrogen and oxygen atoms in total. The number of hydrogen-bond donors (Lipinski definition) is 2. The Bertz CT molecular complexity index is 371. The molecule has 1 rings (SSSR count). The van der Waals surface area contributed by atoms with Gasteiger partial charge in [0.2, 0.25) is 0 Å². The normalized spacial score (nSPS) is 9.00. The molecule has 0 amide bonds. The fourth-order valence-corrected chi connectivity index (χ4v) is 0.931. The molecule has 0 radical (unpaired) electrons. The Balaban J connectivity index is 2.70. The average Bonchev–Trinajstić information content (AvgIpc) is 2.66. The Labute approximate surface area is 82.4 Å². The molecule has 14 heavy (non-hydrogen) atoms. The highest BCUT2D eigenvalue weighted by Crippen LogP contribution is 2.02. The number of nitrogens with two attached hydrogens (primary N) is 1. The lowest BCUT2D eigenvalue weighted by Gasteiger charge is -1.91. The van der Waals surface area contributed by atoms with Crippen LogP contribution < -0.4 is 5.73 Å². The second kappa shape index (κ2) is 5.10. The quantitative estimate of drug-likeness (QED) is 0.529. The first-order chi connectivity index (χ1) is 6.77. The predicted octanol–water partition coefficient (Wildman–Crippen LogP) is 0.502. The van der Waals surface area contributed by atoms with Crippen LogP contribution in [0.15, 0.2) is 12.3 Å². The van der Waals surface area contributed by atoms with E-state index in [0.29, 0.717) is 18.7 Å². The van der Waals surface area contributed by atoms with E-state index in [2.05, 4.69) is 21.6 Å². The van der Waals surface area contributed by atoms with Crippen molar-refractivity contribution >= 4 is 5.97 Å². The van der Waals surface area contributed by atoms with Gasteiger partial charge >= 0.3 is 5.97 Å². The summed E-state index contributed by atoms with van der Waals surface area (Å²) in [5.41, 5.74) is 6.45. The summed E-state index contributed by atoms with van der Waals surface area (Å²) in [7, 11) is 1.34. The highest BCUT2D eigenvalue weighted by atomic mass is 16.5. The topological polar surface area (TPSA) is 68.1 Å². The van der Waals surface area contributed by atoms with Crippen LogP contribution in [0.4, 0.5) is 0 Å². The molecule has 0 bridgehead atoms. The Morgan fingerprint density at radius 3 is 3.14 bits per heavy atom. The van der Waals surface area contributed by atoms with Crippen molar-refractivity contribution in [3.8, 4) is 11.8 Å². The van der Waals surface area contributed by atoms with Crippen molar-refractivity contribution in [3.05, 3.63) is 23.5 Å². The van der Waals surface area contributed by atoms with Crippen LogP contribution in [0.5, 0.6) is 0 Å². The van der Waals surface area contributed by atoms with Crippen LogP contribution in [0.25, 0.3) is 0 Å². The SMILES string of the molecule is COC(=O)c1cc(C#CCCN)c[nH]1. The molecule has 0 aliphatic carbocycles. The molecule has 0 atom stereocenters. The Hall–Kier alpha value is -1.73. The summed E-state index contributed by atoms with van der Waals surface area (Å²) in [6.07, 6.45) is 2.31. The molecule has 0 aliphatic rings. The van der Waals surface area contributed by atoms with E-state index in [0.717, 1.165) is 5.56 Å². The van der Waals surface area contributed by atoms with E-state index in [9.17, 15) is 4.79 Å². The van der Waals surface area contributed by atoms with Gasteiger partial charge in [0.1, 0.15) is 5.69 Å². The maximum atomic E-state index is 11.0. The van der Waals surface area contributed by atoms with Crippen LogP contribution in [0.3, 0.4) is 0 Å². The molecule has 0 fully saturated rings. The molecule has 3 N–H and O–H groups in total. The first-order valence-corrected chi connectivity index (χ1v) is 4.23. The van der Waals surface area contributed by atoms with Gasteiger partial charge in [0.25, 0.3) is 0 Å². The van der Waals surface area contributed by atoms with Crippen molar-refractivity contribution in [2.45, 2.75) is 6.42 Å². The third-order valence-corrected chi connectivity index (χ3v) is 1.59. The zero-order chi connectivity index (χ0) is 10.4. The van der Waals surface area contributed by atoms with Crippen LogP contribution in [-0.2, 0) is 4.74 Å². The van der Waals surface area contributed by atoms with E-state index in [1.807, 2.05) is 0 Å². The summed E-state index contributed by atoms with van der Waals surface area (Å²) >= 11 is 0. The van der Waals surface area contributed by atoms with Crippen molar-refractivity contribution in [2.24, 2.45) is 5.73 Å². The first-order valence-electron chi connectivity index (χ1n) is 4.23. The average molecular weight is 192 g/mol. The number of hydrogen-bond acceptors (Lipinski definition) is 3. The maximum absolute atomic E-state index is 11.0. The summed E-state index contributed by atoms with van der Waals surface area (Å²) in [6, 6.07) is 1.65. The standard InChI is InChI=1S/C10H12N2O2/c1-14-10(13)9-6-8(7-12-9)4-2-3-5-11/h6-7,12H,3,5,11H2,1H3. The van der Waals surface area contributed by atoms with Crippen molar-refractivity contribution < 1.29 is 9.53 Å². The van der Waals surface area contributed by atoms with E-state index >= 15 is 0 Å². The molecule has 0 aliphatic heterocycles. The van der Waals surface area contributed by atoms with Gasteiger partial charge in [0, 0.05) is 24.7 Å². The van der Waals surface area contributed by atoms with Crippen molar-refractivity contribution in [2.75, 3.05) is 13.7 Å². The van der Waals surface area contributed by atoms with Gasteiger partial charge in [-0.25, -0.2) is 4.79 Å². The number of ether oxygens (including phenoxy) is 1.